The van der Waals surface area contributed by atoms with Crippen molar-refractivity contribution in [1.29, 1.82) is 0 Å². The number of amides is 3. The first-order valence-corrected chi connectivity index (χ1v) is 19.5. The molecule has 2 aromatic rings. The molecule has 3 amide bonds. The van der Waals surface area contributed by atoms with Gasteiger partial charge in [-0.25, -0.2) is 0 Å². The predicted octanol–water partition coefficient (Wildman–Crippen LogP) is 5.18. The second-order valence-corrected chi connectivity index (χ2v) is 15.5. The number of fused-ring (bicyclic) bond motifs is 1. The smallest absolute Gasteiger partial charge is 0.306 e. The highest BCUT2D eigenvalue weighted by Crippen LogP contribution is 2.61. The number of carbonyl (C=O) groups is 4. The van der Waals surface area contributed by atoms with Crippen LogP contribution < -0.4 is 15.1 Å². The Balaban J connectivity index is 1.52. The lowest BCUT2D eigenvalue weighted by Gasteiger charge is -2.40. The number of hydrogen-bond acceptors (Lipinski definition) is 8. The number of likely N-dealkylation sites (tertiary alicyclic amines) is 1. The molecule has 0 saturated carbocycles. The van der Waals surface area contributed by atoms with E-state index in [1.54, 1.807) is 17.1 Å². The van der Waals surface area contributed by atoms with E-state index in [0.717, 1.165) is 24.3 Å². The van der Waals surface area contributed by atoms with Gasteiger partial charge in [-0.3, -0.25) is 19.2 Å². The molecule has 1 unspecified atom stereocenters. The standard InChI is InChI=1S/C41H53BrN4O7/c1-7-11-17-33(48)52-25-31(27-15-13-12-14-16-27)43-38(49)34-35-39(50)46(32(24-47)26(5)6)37(41(35)23-30(42)36(34)53-41)40(51)45(22-8-2)29-20-18-28(19-21-29)44(9-3)10-4/h7-8,12-16,18-21,26,30-32,34-37,47H,1-2,9-11,17,22-25H2,3-6H3,(H,43,49)/t30?,31-,32-,34-,35+,36-,37-,41+/m0/s1. The molecular weight excluding hydrogens is 740 g/mol. The summed E-state index contributed by atoms with van der Waals surface area (Å²) in [5, 5.41) is 13.8. The molecule has 3 saturated heterocycles. The Bertz CT molecular complexity index is 1630. The molecule has 2 aromatic carbocycles. The van der Waals surface area contributed by atoms with E-state index < -0.39 is 59.5 Å². The number of aliphatic hydroxyl groups excluding tert-OH is 1. The molecule has 3 aliphatic heterocycles. The molecule has 0 radical (unpaired) electrons. The summed E-state index contributed by atoms with van der Waals surface area (Å²) in [4.78, 5) is 61.9. The number of ether oxygens (including phenoxy) is 2. The largest absolute Gasteiger partial charge is 0.463 e. The zero-order valence-corrected chi connectivity index (χ0v) is 32.7. The van der Waals surface area contributed by atoms with Crippen molar-refractivity contribution in [2.45, 2.75) is 81.6 Å². The topological polar surface area (TPSA) is 129 Å². The van der Waals surface area contributed by atoms with Gasteiger partial charge in [-0.15, -0.1) is 13.2 Å². The van der Waals surface area contributed by atoms with E-state index in [1.807, 2.05) is 68.4 Å². The number of halogens is 1. The molecule has 2 bridgehead atoms. The molecule has 8 atom stereocenters. The molecule has 0 aliphatic carbocycles. The Morgan fingerprint density at radius 3 is 2.32 bits per heavy atom. The fourth-order valence-corrected chi connectivity index (χ4v) is 9.24. The molecule has 12 heteroatoms. The van der Waals surface area contributed by atoms with Crippen molar-refractivity contribution in [2.24, 2.45) is 17.8 Å². The van der Waals surface area contributed by atoms with Gasteiger partial charge in [0.25, 0.3) is 5.91 Å². The maximum atomic E-state index is 15.1. The second kappa shape index (κ2) is 17.4. The monoisotopic (exact) mass is 792 g/mol. The van der Waals surface area contributed by atoms with E-state index >= 15 is 4.79 Å². The van der Waals surface area contributed by atoms with Crippen molar-refractivity contribution in [3.05, 3.63) is 85.5 Å². The van der Waals surface area contributed by atoms with Gasteiger partial charge >= 0.3 is 5.97 Å². The van der Waals surface area contributed by atoms with Gasteiger partial charge in [0.15, 0.2) is 0 Å². The minimum atomic E-state index is -1.35. The maximum Gasteiger partial charge on any atom is 0.306 e. The van der Waals surface area contributed by atoms with Crippen LogP contribution in [0.15, 0.2) is 79.9 Å². The summed E-state index contributed by atoms with van der Waals surface area (Å²) in [7, 11) is 0. The highest BCUT2D eigenvalue weighted by atomic mass is 79.9. The number of anilines is 2. The molecule has 2 N–H and O–H groups in total. The molecule has 53 heavy (non-hydrogen) atoms. The van der Waals surface area contributed by atoms with Gasteiger partial charge in [-0.05, 0) is 62.4 Å². The van der Waals surface area contributed by atoms with Crippen LogP contribution in [0.1, 0.15) is 58.6 Å². The fraction of sp³-hybridized carbons (Fsp3) is 0.512. The number of aliphatic hydroxyl groups is 1. The van der Waals surface area contributed by atoms with Gasteiger partial charge in [0.1, 0.15) is 18.2 Å². The number of rotatable bonds is 18. The van der Waals surface area contributed by atoms with Crippen molar-refractivity contribution in [3.8, 4) is 0 Å². The summed E-state index contributed by atoms with van der Waals surface area (Å²) >= 11 is 3.76. The van der Waals surface area contributed by atoms with Crippen LogP contribution in [0.5, 0.6) is 0 Å². The van der Waals surface area contributed by atoms with Gasteiger partial charge < -0.3 is 34.6 Å². The minimum Gasteiger partial charge on any atom is -0.463 e. The van der Waals surface area contributed by atoms with Gasteiger partial charge in [0.2, 0.25) is 11.8 Å². The van der Waals surface area contributed by atoms with Crippen LogP contribution in [0, 0.1) is 17.8 Å². The Kier molecular flexibility index (Phi) is 13.2. The number of carbonyl (C=O) groups excluding carboxylic acids is 4. The zero-order valence-electron chi connectivity index (χ0n) is 31.2. The summed E-state index contributed by atoms with van der Waals surface area (Å²) in [6.07, 6.45) is 3.52. The van der Waals surface area contributed by atoms with E-state index in [1.165, 1.54) is 4.90 Å². The summed E-state index contributed by atoms with van der Waals surface area (Å²) < 4.78 is 12.4. The maximum absolute atomic E-state index is 15.1. The first-order chi connectivity index (χ1) is 25.5. The average molecular weight is 794 g/mol. The number of nitrogens with zero attached hydrogens (tertiary/aromatic N) is 3. The molecule has 3 fully saturated rings. The quantitative estimate of drug-likeness (QED) is 0.120. The van der Waals surface area contributed by atoms with Crippen LogP contribution >= 0.6 is 15.9 Å². The molecular formula is C41H53BrN4O7. The van der Waals surface area contributed by atoms with Gasteiger partial charge in [-0.1, -0.05) is 72.3 Å². The molecule has 286 valence electrons. The van der Waals surface area contributed by atoms with Crippen LogP contribution in [0.2, 0.25) is 0 Å². The van der Waals surface area contributed by atoms with Crippen LogP contribution in [0.4, 0.5) is 11.4 Å². The Morgan fingerprint density at radius 2 is 1.74 bits per heavy atom. The zero-order chi connectivity index (χ0) is 38.4. The second-order valence-electron chi connectivity index (χ2n) is 14.3. The average Bonchev–Trinajstić information content (AvgIpc) is 3.75. The Morgan fingerprint density at radius 1 is 1.08 bits per heavy atom. The van der Waals surface area contributed by atoms with Crippen LogP contribution in [0.3, 0.4) is 0 Å². The number of alkyl halides is 1. The third kappa shape index (κ3) is 7.82. The third-order valence-corrected chi connectivity index (χ3v) is 11.8. The van der Waals surface area contributed by atoms with E-state index in [0.29, 0.717) is 18.5 Å². The summed E-state index contributed by atoms with van der Waals surface area (Å²) in [5.41, 5.74) is 1.03. The SMILES string of the molecule is C=CCCC(=O)OC[C@H](NC(=O)[C@@H]1[C@H]2O[C@@]3(CC2Br)[C@H](C(=O)N(CC=C)c2ccc(N(CC)CC)cc2)N([C@@H](CO)C(C)C)C(=O)[C@@H]13)c1ccccc1. The van der Waals surface area contributed by atoms with Crippen molar-refractivity contribution in [1.82, 2.24) is 10.2 Å². The van der Waals surface area contributed by atoms with Crippen molar-refractivity contribution in [3.63, 3.8) is 0 Å². The summed E-state index contributed by atoms with van der Waals surface area (Å²) in [6.45, 7) is 16.9. The van der Waals surface area contributed by atoms with E-state index in [4.69, 9.17) is 9.47 Å². The van der Waals surface area contributed by atoms with Crippen molar-refractivity contribution >= 4 is 51.0 Å². The van der Waals surface area contributed by atoms with E-state index in [-0.39, 0.29) is 42.8 Å². The highest BCUT2D eigenvalue weighted by molar-refractivity contribution is 9.09. The summed E-state index contributed by atoms with van der Waals surface area (Å²) in [5.74, 6) is -3.80. The number of allylic oxidation sites excluding steroid dienone is 1. The van der Waals surface area contributed by atoms with Crippen molar-refractivity contribution in [2.75, 3.05) is 42.6 Å². The normalized spacial score (nSPS) is 25.5. The molecule has 3 heterocycles. The molecule has 1 spiro atoms. The molecule has 11 nitrogen and oxygen atoms in total. The first-order valence-electron chi connectivity index (χ1n) is 18.6. The molecule has 3 aliphatic rings. The first kappa shape index (κ1) is 40.2. The van der Waals surface area contributed by atoms with Crippen LogP contribution in [-0.4, -0.2) is 95.2 Å². The van der Waals surface area contributed by atoms with Crippen LogP contribution in [-0.2, 0) is 28.7 Å². The predicted molar refractivity (Wildman–Crippen MR) is 209 cm³/mol. The number of esters is 1. The van der Waals surface area contributed by atoms with E-state index in [9.17, 15) is 19.5 Å². The highest BCUT2D eigenvalue weighted by Gasteiger charge is 2.77. The molecule has 5 rings (SSSR count). The van der Waals surface area contributed by atoms with Gasteiger partial charge in [0.05, 0.1) is 36.6 Å². The Labute approximate surface area is 321 Å². The summed E-state index contributed by atoms with van der Waals surface area (Å²) in [6, 6.07) is 14.4. The van der Waals surface area contributed by atoms with E-state index in [2.05, 4.69) is 53.2 Å². The lowest BCUT2D eigenvalue weighted by Crippen LogP contribution is -2.60. The van der Waals surface area contributed by atoms with Crippen molar-refractivity contribution < 1.29 is 33.8 Å². The number of hydrogen-bond donors (Lipinski definition) is 2. The number of benzene rings is 2. The molecule has 0 aromatic heterocycles. The Hall–Kier alpha value is -4.00. The lowest BCUT2D eigenvalue weighted by atomic mass is 9.70. The fourth-order valence-electron chi connectivity index (χ4n) is 8.30. The lowest BCUT2D eigenvalue weighted by molar-refractivity contribution is -0.147. The number of nitrogens with one attached hydrogen (secondary N) is 1. The van der Waals surface area contributed by atoms with Gasteiger partial charge in [0, 0.05) is 42.3 Å². The van der Waals surface area contributed by atoms with Crippen LogP contribution in [0.25, 0.3) is 0 Å². The minimum absolute atomic E-state index is 0.109. The van der Waals surface area contributed by atoms with Gasteiger partial charge in [-0.2, -0.15) is 0 Å². The third-order valence-electron chi connectivity index (χ3n) is 10.9.